The van der Waals surface area contributed by atoms with Gasteiger partial charge in [0, 0.05) is 18.8 Å². The molecule has 2 heterocycles. The van der Waals surface area contributed by atoms with Gasteiger partial charge in [-0.2, -0.15) is 0 Å². The van der Waals surface area contributed by atoms with Crippen LogP contribution < -0.4 is 10.6 Å². The summed E-state index contributed by atoms with van der Waals surface area (Å²) in [5.41, 5.74) is 0.416. The first kappa shape index (κ1) is 13.9. The number of hydrogen-bond donors (Lipinski definition) is 2. The molecule has 1 unspecified atom stereocenters. The van der Waals surface area contributed by atoms with Crippen molar-refractivity contribution in [1.29, 1.82) is 0 Å². The number of carbonyl (C=O) groups is 1. The van der Waals surface area contributed by atoms with E-state index in [2.05, 4.69) is 29.5 Å². The van der Waals surface area contributed by atoms with Crippen LogP contribution in [0.3, 0.4) is 0 Å². The average molecular weight is 265 g/mol. The van der Waals surface area contributed by atoms with Crippen LogP contribution in [0.25, 0.3) is 0 Å². The van der Waals surface area contributed by atoms with Crippen LogP contribution in [-0.2, 0) is 0 Å². The van der Waals surface area contributed by atoms with E-state index in [1.165, 1.54) is 12.3 Å². The molecule has 5 heteroatoms. The second-order valence-electron chi connectivity index (χ2n) is 5.70. The highest BCUT2D eigenvalue weighted by Gasteiger charge is 2.31. The van der Waals surface area contributed by atoms with Gasteiger partial charge in [-0.05, 0) is 30.9 Å². The standard InChI is InChI=1S/C14H20FN3O/c1-14(2)4-3-5-17-12(14)9-18-13(19)10-6-11(15)8-16-7-10/h6-8,12,17H,3-5,9H2,1-2H3,(H,18,19). The maximum absolute atomic E-state index is 13.0. The van der Waals surface area contributed by atoms with Gasteiger partial charge in [-0.3, -0.25) is 9.78 Å². The van der Waals surface area contributed by atoms with Crippen molar-refractivity contribution in [2.24, 2.45) is 5.41 Å². The van der Waals surface area contributed by atoms with Crippen LogP contribution in [0.1, 0.15) is 37.0 Å². The molecule has 1 aromatic rings. The van der Waals surface area contributed by atoms with Crippen LogP contribution in [-0.4, -0.2) is 30.0 Å². The SMILES string of the molecule is CC1(C)CCCNC1CNC(=O)c1cncc(F)c1. The fourth-order valence-corrected chi connectivity index (χ4v) is 2.45. The molecule has 1 aliphatic rings. The molecule has 1 atom stereocenters. The normalized spacial score (nSPS) is 21.9. The highest BCUT2D eigenvalue weighted by Crippen LogP contribution is 2.29. The maximum Gasteiger partial charge on any atom is 0.253 e. The second kappa shape index (κ2) is 5.65. The van der Waals surface area contributed by atoms with Crippen molar-refractivity contribution in [3.8, 4) is 0 Å². The molecule has 0 aromatic carbocycles. The van der Waals surface area contributed by atoms with Gasteiger partial charge in [0.05, 0.1) is 11.8 Å². The Morgan fingerprint density at radius 1 is 1.58 bits per heavy atom. The van der Waals surface area contributed by atoms with Gasteiger partial charge in [0.2, 0.25) is 0 Å². The minimum absolute atomic E-state index is 0.158. The first-order valence-electron chi connectivity index (χ1n) is 6.61. The lowest BCUT2D eigenvalue weighted by atomic mass is 9.77. The Morgan fingerprint density at radius 3 is 3.05 bits per heavy atom. The number of carbonyl (C=O) groups excluding carboxylic acids is 1. The van der Waals surface area contributed by atoms with E-state index in [0.717, 1.165) is 25.6 Å². The Balaban J connectivity index is 1.93. The minimum Gasteiger partial charge on any atom is -0.350 e. The van der Waals surface area contributed by atoms with Crippen molar-refractivity contribution >= 4 is 5.91 Å². The lowest BCUT2D eigenvalue weighted by molar-refractivity contribution is 0.0928. The smallest absolute Gasteiger partial charge is 0.253 e. The highest BCUT2D eigenvalue weighted by molar-refractivity contribution is 5.93. The van der Waals surface area contributed by atoms with Crippen LogP contribution in [0, 0.1) is 11.2 Å². The van der Waals surface area contributed by atoms with E-state index in [9.17, 15) is 9.18 Å². The third kappa shape index (κ3) is 3.50. The van der Waals surface area contributed by atoms with Crippen molar-refractivity contribution < 1.29 is 9.18 Å². The number of nitrogens with one attached hydrogen (secondary N) is 2. The molecule has 0 radical (unpaired) electrons. The quantitative estimate of drug-likeness (QED) is 0.875. The molecule has 1 amide bonds. The summed E-state index contributed by atoms with van der Waals surface area (Å²) in [5, 5.41) is 6.27. The van der Waals surface area contributed by atoms with E-state index >= 15 is 0 Å². The van der Waals surface area contributed by atoms with Gasteiger partial charge in [-0.1, -0.05) is 13.8 Å². The van der Waals surface area contributed by atoms with E-state index in [0.29, 0.717) is 6.54 Å². The Labute approximate surface area is 112 Å². The maximum atomic E-state index is 13.0. The van der Waals surface area contributed by atoms with Crippen molar-refractivity contribution in [3.63, 3.8) is 0 Å². The Bertz CT molecular complexity index is 462. The number of nitrogens with zero attached hydrogens (tertiary/aromatic N) is 1. The third-order valence-electron chi connectivity index (χ3n) is 3.77. The molecular formula is C14H20FN3O. The fraction of sp³-hybridized carbons (Fsp3) is 0.571. The van der Waals surface area contributed by atoms with Gasteiger partial charge < -0.3 is 10.6 Å². The average Bonchev–Trinajstić information content (AvgIpc) is 2.36. The zero-order valence-electron chi connectivity index (χ0n) is 11.4. The van der Waals surface area contributed by atoms with E-state index < -0.39 is 5.82 Å². The lowest BCUT2D eigenvalue weighted by Gasteiger charge is -2.39. The minimum atomic E-state index is -0.497. The van der Waals surface area contributed by atoms with Gasteiger partial charge in [0.15, 0.2) is 0 Å². The number of hydrogen-bond acceptors (Lipinski definition) is 3. The van der Waals surface area contributed by atoms with Gasteiger partial charge >= 0.3 is 0 Å². The second-order valence-corrected chi connectivity index (χ2v) is 5.70. The topological polar surface area (TPSA) is 54.0 Å². The third-order valence-corrected chi connectivity index (χ3v) is 3.77. The molecule has 4 nitrogen and oxygen atoms in total. The fourth-order valence-electron chi connectivity index (χ4n) is 2.45. The predicted octanol–water partition coefficient (Wildman–Crippen LogP) is 1.73. The summed E-state index contributed by atoms with van der Waals surface area (Å²) in [6.07, 6.45) is 4.76. The number of piperidine rings is 1. The Morgan fingerprint density at radius 2 is 2.37 bits per heavy atom. The largest absolute Gasteiger partial charge is 0.350 e. The summed E-state index contributed by atoms with van der Waals surface area (Å²) in [6, 6.07) is 1.44. The molecule has 2 N–H and O–H groups in total. The highest BCUT2D eigenvalue weighted by atomic mass is 19.1. The summed E-state index contributed by atoms with van der Waals surface area (Å²) < 4.78 is 13.0. The van der Waals surface area contributed by atoms with Crippen molar-refractivity contribution in [3.05, 3.63) is 29.8 Å². The molecule has 0 bridgehead atoms. The summed E-state index contributed by atoms with van der Waals surface area (Å²) in [4.78, 5) is 15.6. The summed E-state index contributed by atoms with van der Waals surface area (Å²) in [5.74, 6) is -0.779. The molecule has 1 aliphatic heterocycles. The zero-order valence-corrected chi connectivity index (χ0v) is 11.4. The lowest BCUT2D eigenvalue weighted by Crippen LogP contribution is -2.52. The summed E-state index contributed by atoms with van der Waals surface area (Å²) in [7, 11) is 0. The number of rotatable bonds is 3. The van der Waals surface area contributed by atoms with Crippen LogP contribution in [0.2, 0.25) is 0 Å². The molecule has 2 rings (SSSR count). The van der Waals surface area contributed by atoms with Crippen molar-refractivity contribution in [2.45, 2.75) is 32.7 Å². The van der Waals surface area contributed by atoms with E-state index in [4.69, 9.17) is 0 Å². The van der Waals surface area contributed by atoms with Gasteiger partial charge in [-0.15, -0.1) is 0 Å². The van der Waals surface area contributed by atoms with Crippen molar-refractivity contribution in [1.82, 2.24) is 15.6 Å². The van der Waals surface area contributed by atoms with Crippen molar-refractivity contribution in [2.75, 3.05) is 13.1 Å². The molecule has 0 saturated carbocycles. The first-order valence-corrected chi connectivity index (χ1v) is 6.61. The molecule has 1 saturated heterocycles. The van der Waals surface area contributed by atoms with Crippen LogP contribution >= 0.6 is 0 Å². The predicted molar refractivity (Wildman–Crippen MR) is 71.3 cm³/mol. The molecule has 0 aliphatic carbocycles. The molecule has 1 aromatic heterocycles. The molecule has 19 heavy (non-hydrogen) atoms. The Kier molecular flexibility index (Phi) is 4.14. The molecule has 0 spiro atoms. The van der Waals surface area contributed by atoms with E-state index in [1.54, 1.807) is 0 Å². The first-order chi connectivity index (χ1) is 8.99. The van der Waals surface area contributed by atoms with Gasteiger partial charge in [0.1, 0.15) is 5.82 Å². The van der Waals surface area contributed by atoms with E-state index in [1.807, 2.05) is 0 Å². The zero-order chi connectivity index (χ0) is 13.9. The molecule has 1 fully saturated rings. The van der Waals surface area contributed by atoms with Crippen LogP contribution in [0.4, 0.5) is 4.39 Å². The van der Waals surface area contributed by atoms with Crippen LogP contribution in [0.15, 0.2) is 18.5 Å². The summed E-state index contributed by atoms with van der Waals surface area (Å²) in [6.45, 7) is 5.91. The van der Waals surface area contributed by atoms with Crippen LogP contribution in [0.5, 0.6) is 0 Å². The Hall–Kier alpha value is -1.49. The number of amides is 1. The summed E-state index contributed by atoms with van der Waals surface area (Å²) >= 11 is 0. The van der Waals surface area contributed by atoms with E-state index in [-0.39, 0.29) is 22.9 Å². The number of halogens is 1. The number of aromatic nitrogens is 1. The monoisotopic (exact) mass is 265 g/mol. The van der Waals surface area contributed by atoms with Gasteiger partial charge in [0.25, 0.3) is 5.91 Å². The number of pyridine rings is 1. The van der Waals surface area contributed by atoms with Gasteiger partial charge in [-0.25, -0.2) is 4.39 Å². The molecular weight excluding hydrogens is 245 g/mol. The molecule has 104 valence electrons.